The third-order valence-electron chi connectivity index (χ3n) is 1.26. The van der Waals surface area contributed by atoms with Gasteiger partial charge in [0.25, 0.3) is 0 Å². The summed E-state index contributed by atoms with van der Waals surface area (Å²) in [6.07, 6.45) is 2.34. The predicted molar refractivity (Wildman–Crippen MR) is 57.9 cm³/mol. The minimum absolute atomic E-state index is 0.0923. The maximum Gasteiger partial charge on any atom is 0.306 e. The van der Waals surface area contributed by atoms with Crippen LogP contribution < -0.4 is 0 Å². The van der Waals surface area contributed by atoms with Crippen LogP contribution in [0.2, 0.25) is 0 Å². The molecule has 3 heteroatoms. The normalized spacial score (nSPS) is 10.1. The molecule has 0 amide bonds. The van der Waals surface area contributed by atoms with E-state index < -0.39 is 0 Å². The number of hydrogen-bond acceptors (Lipinski definition) is 3. The van der Waals surface area contributed by atoms with E-state index in [0.29, 0.717) is 18.9 Å². The summed E-state index contributed by atoms with van der Waals surface area (Å²) in [5.74, 6) is 2.05. The van der Waals surface area contributed by atoms with E-state index in [-0.39, 0.29) is 5.97 Å². The minimum Gasteiger partial charge on any atom is -0.465 e. The Labute approximate surface area is 84.7 Å². The molecule has 0 heterocycles. The smallest absolute Gasteiger partial charge is 0.306 e. The monoisotopic (exact) mass is 202 g/mol. The summed E-state index contributed by atoms with van der Waals surface area (Å²) in [5.41, 5.74) is 0. The molecule has 0 unspecified atom stereocenters. The molecular weight excluding hydrogens is 184 g/mol. The predicted octanol–water partition coefficient (Wildman–Crippen LogP) is 2.49. The second kappa shape index (κ2) is 8.17. The third-order valence-corrected chi connectivity index (χ3v) is 2.23. The van der Waals surface area contributed by atoms with E-state index in [0.717, 1.165) is 11.5 Å². The van der Waals surface area contributed by atoms with Crippen molar-refractivity contribution in [3.63, 3.8) is 0 Å². The van der Waals surface area contributed by atoms with Crippen LogP contribution >= 0.6 is 11.8 Å². The van der Waals surface area contributed by atoms with Gasteiger partial charge in [0.05, 0.1) is 13.0 Å². The first-order valence-electron chi connectivity index (χ1n) is 4.51. The number of carbonyl (C=O) groups is 1. The Hall–Kier alpha value is -0.440. The molecule has 0 saturated heterocycles. The fourth-order valence-corrected chi connectivity index (χ4v) is 1.30. The van der Waals surface area contributed by atoms with Gasteiger partial charge in [-0.05, 0) is 5.92 Å². The van der Waals surface area contributed by atoms with Crippen molar-refractivity contribution < 1.29 is 9.53 Å². The summed E-state index contributed by atoms with van der Waals surface area (Å²) in [5, 5.41) is 0. The minimum atomic E-state index is -0.0923. The van der Waals surface area contributed by atoms with Crippen molar-refractivity contribution in [2.24, 2.45) is 5.92 Å². The lowest BCUT2D eigenvalue weighted by molar-refractivity contribution is -0.144. The van der Waals surface area contributed by atoms with Gasteiger partial charge < -0.3 is 4.74 Å². The average molecular weight is 202 g/mol. The lowest BCUT2D eigenvalue weighted by Gasteiger charge is -2.06. The zero-order valence-corrected chi connectivity index (χ0v) is 9.23. The molecule has 0 N–H and O–H groups in total. The molecule has 0 rings (SSSR count). The number of carbonyl (C=O) groups excluding carboxylic acids is 1. The van der Waals surface area contributed by atoms with E-state index in [4.69, 9.17) is 4.74 Å². The van der Waals surface area contributed by atoms with Crippen molar-refractivity contribution in [1.82, 2.24) is 0 Å². The van der Waals surface area contributed by atoms with E-state index in [2.05, 4.69) is 6.58 Å². The van der Waals surface area contributed by atoms with Crippen molar-refractivity contribution in [3.8, 4) is 0 Å². The van der Waals surface area contributed by atoms with Gasteiger partial charge in [-0.3, -0.25) is 4.79 Å². The summed E-state index contributed by atoms with van der Waals surface area (Å²) in [4.78, 5) is 11.0. The average Bonchev–Trinajstić information content (AvgIpc) is 2.09. The van der Waals surface area contributed by atoms with Crippen LogP contribution in [-0.2, 0) is 9.53 Å². The fourth-order valence-electron chi connectivity index (χ4n) is 0.654. The highest BCUT2D eigenvalue weighted by Gasteiger charge is 2.03. The fraction of sp³-hybridized carbons (Fsp3) is 0.700. The molecule has 0 aliphatic carbocycles. The van der Waals surface area contributed by atoms with Crippen molar-refractivity contribution in [3.05, 3.63) is 12.7 Å². The van der Waals surface area contributed by atoms with Gasteiger partial charge in [-0.25, -0.2) is 0 Å². The molecule has 0 saturated carbocycles. The van der Waals surface area contributed by atoms with Gasteiger partial charge in [-0.2, -0.15) is 11.8 Å². The summed E-state index contributed by atoms with van der Waals surface area (Å²) in [7, 11) is 0. The molecule has 0 aromatic rings. The standard InChI is InChI=1S/C10H18O2S/c1-4-6-13-7-5-10(11)12-8-9(2)3/h4,9H,1,5-8H2,2-3H3. The largest absolute Gasteiger partial charge is 0.465 e. The Kier molecular flexibility index (Phi) is 7.90. The van der Waals surface area contributed by atoms with Gasteiger partial charge in [0.1, 0.15) is 0 Å². The molecule has 0 fully saturated rings. The Morgan fingerprint density at radius 2 is 2.31 bits per heavy atom. The highest BCUT2D eigenvalue weighted by Crippen LogP contribution is 2.03. The summed E-state index contributed by atoms with van der Waals surface area (Å²) >= 11 is 1.70. The Morgan fingerprint density at radius 1 is 1.62 bits per heavy atom. The zero-order valence-electron chi connectivity index (χ0n) is 8.41. The van der Waals surface area contributed by atoms with E-state index >= 15 is 0 Å². The third kappa shape index (κ3) is 9.47. The van der Waals surface area contributed by atoms with Crippen molar-refractivity contribution in [2.75, 3.05) is 18.1 Å². The van der Waals surface area contributed by atoms with Gasteiger partial charge in [-0.15, -0.1) is 6.58 Å². The molecule has 0 aromatic carbocycles. The van der Waals surface area contributed by atoms with Crippen molar-refractivity contribution in [1.29, 1.82) is 0 Å². The molecule has 0 aromatic heterocycles. The van der Waals surface area contributed by atoms with Crippen molar-refractivity contribution in [2.45, 2.75) is 20.3 Å². The second-order valence-corrected chi connectivity index (χ2v) is 4.34. The topological polar surface area (TPSA) is 26.3 Å². The highest BCUT2D eigenvalue weighted by atomic mass is 32.2. The molecule has 0 aliphatic heterocycles. The summed E-state index contributed by atoms with van der Waals surface area (Å²) < 4.78 is 5.01. The molecule has 2 nitrogen and oxygen atoms in total. The van der Waals surface area contributed by atoms with Crippen LogP contribution in [0.5, 0.6) is 0 Å². The van der Waals surface area contributed by atoms with Crippen molar-refractivity contribution >= 4 is 17.7 Å². The van der Waals surface area contributed by atoms with Crippen LogP contribution in [0.3, 0.4) is 0 Å². The first-order chi connectivity index (χ1) is 6.16. The van der Waals surface area contributed by atoms with E-state index in [9.17, 15) is 4.79 Å². The van der Waals surface area contributed by atoms with Gasteiger partial charge in [0.15, 0.2) is 0 Å². The van der Waals surface area contributed by atoms with Gasteiger partial charge in [0, 0.05) is 11.5 Å². The molecule has 0 radical (unpaired) electrons. The molecule has 0 aliphatic rings. The van der Waals surface area contributed by atoms with Gasteiger partial charge >= 0.3 is 5.97 Å². The Bertz CT molecular complexity index is 155. The summed E-state index contributed by atoms with van der Waals surface area (Å²) in [6, 6.07) is 0. The van der Waals surface area contributed by atoms with Gasteiger partial charge in [0.2, 0.25) is 0 Å². The molecule has 0 spiro atoms. The lowest BCUT2D eigenvalue weighted by atomic mass is 10.2. The quantitative estimate of drug-likeness (QED) is 0.360. The van der Waals surface area contributed by atoms with E-state index in [1.807, 2.05) is 19.9 Å². The van der Waals surface area contributed by atoms with Crippen LogP contribution in [0.15, 0.2) is 12.7 Å². The van der Waals surface area contributed by atoms with Crippen LogP contribution in [0.1, 0.15) is 20.3 Å². The van der Waals surface area contributed by atoms with E-state index in [1.165, 1.54) is 0 Å². The molecular formula is C10H18O2S. The molecule has 76 valence electrons. The highest BCUT2D eigenvalue weighted by molar-refractivity contribution is 7.99. The Morgan fingerprint density at radius 3 is 2.85 bits per heavy atom. The first kappa shape index (κ1) is 12.6. The summed E-state index contributed by atoms with van der Waals surface area (Å²) in [6.45, 7) is 8.19. The second-order valence-electron chi connectivity index (χ2n) is 3.19. The van der Waals surface area contributed by atoms with Crippen LogP contribution in [-0.4, -0.2) is 24.1 Å². The Balaban J connectivity index is 3.25. The van der Waals surface area contributed by atoms with Crippen LogP contribution in [0.25, 0.3) is 0 Å². The van der Waals surface area contributed by atoms with Gasteiger partial charge in [-0.1, -0.05) is 19.9 Å². The zero-order chi connectivity index (χ0) is 10.1. The SMILES string of the molecule is C=CCSCCC(=O)OCC(C)C. The van der Waals surface area contributed by atoms with Crippen LogP contribution in [0, 0.1) is 5.92 Å². The molecule has 0 bridgehead atoms. The van der Waals surface area contributed by atoms with E-state index in [1.54, 1.807) is 11.8 Å². The number of esters is 1. The maximum absolute atomic E-state index is 11.0. The number of rotatable bonds is 7. The maximum atomic E-state index is 11.0. The molecule has 0 atom stereocenters. The number of hydrogen-bond donors (Lipinski definition) is 0. The lowest BCUT2D eigenvalue weighted by Crippen LogP contribution is -2.10. The molecule has 13 heavy (non-hydrogen) atoms. The number of ether oxygens (including phenoxy) is 1. The van der Waals surface area contributed by atoms with Crippen LogP contribution in [0.4, 0.5) is 0 Å². The number of thioether (sulfide) groups is 1. The first-order valence-corrected chi connectivity index (χ1v) is 5.66.